The maximum absolute atomic E-state index is 13.4. The van der Waals surface area contributed by atoms with E-state index < -0.39 is 17.7 Å². The van der Waals surface area contributed by atoms with Gasteiger partial charge in [0.25, 0.3) is 0 Å². The zero-order valence-electron chi connectivity index (χ0n) is 11.6. The molecule has 0 fully saturated rings. The Bertz CT molecular complexity index is 886. The number of nitrogens with two attached hydrogens (primary N) is 1. The van der Waals surface area contributed by atoms with E-state index in [4.69, 9.17) is 5.73 Å². The third-order valence-corrected chi connectivity index (χ3v) is 5.12. The molecule has 0 unspecified atom stereocenters. The summed E-state index contributed by atoms with van der Waals surface area (Å²) in [6.45, 7) is 0. The standard InChI is InChI=1S/C14H9F3N2O2S2/c1-21-13(20)11-10(18)9-6(14(15,16)17)5-7(19-12(9)23-11)8-3-2-4-22-8/h2-5H,18H2,1H3. The summed E-state index contributed by atoms with van der Waals surface area (Å²) < 4.78 is 44.8. The number of nitrogens with zero attached hydrogens (tertiary/aromatic N) is 1. The Hall–Kier alpha value is -2.13. The van der Waals surface area contributed by atoms with Crippen molar-refractivity contribution in [3.8, 4) is 10.6 Å². The molecule has 0 saturated heterocycles. The lowest BCUT2D eigenvalue weighted by Crippen LogP contribution is -2.08. The second-order valence-corrected chi connectivity index (χ2v) is 6.49. The molecule has 9 heteroatoms. The van der Waals surface area contributed by atoms with Crippen molar-refractivity contribution in [1.82, 2.24) is 4.98 Å². The average Bonchev–Trinajstić information content (AvgIpc) is 3.13. The number of ether oxygens (including phenoxy) is 1. The molecule has 3 heterocycles. The predicted octanol–water partition coefficient (Wildman–Crippen LogP) is 4.41. The maximum atomic E-state index is 13.4. The molecule has 3 aromatic heterocycles. The van der Waals surface area contributed by atoms with Gasteiger partial charge in [-0.05, 0) is 17.5 Å². The normalized spacial score (nSPS) is 11.8. The van der Waals surface area contributed by atoms with Crippen LogP contribution in [0.4, 0.5) is 18.9 Å². The van der Waals surface area contributed by atoms with E-state index in [-0.39, 0.29) is 26.5 Å². The van der Waals surface area contributed by atoms with Crippen molar-refractivity contribution >= 4 is 44.5 Å². The number of anilines is 1. The molecule has 0 amide bonds. The van der Waals surface area contributed by atoms with Gasteiger partial charge >= 0.3 is 12.1 Å². The average molecular weight is 358 g/mol. The molecule has 0 aromatic carbocycles. The van der Waals surface area contributed by atoms with Crippen molar-refractivity contribution in [2.75, 3.05) is 12.8 Å². The molecule has 3 aromatic rings. The Balaban J connectivity index is 2.35. The summed E-state index contributed by atoms with van der Waals surface area (Å²) in [6, 6.07) is 4.36. The van der Waals surface area contributed by atoms with E-state index in [9.17, 15) is 18.0 Å². The topological polar surface area (TPSA) is 65.2 Å². The third kappa shape index (κ3) is 2.66. The number of pyridine rings is 1. The van der Waals surface area contributed by atoms with Crippen molar-refractivity contribution < 1.29 is 22.7 Å². The molecule has 120 valence electrons. The lowest BCUT2D eigenvalue weighted by molar-refractivity contribution is -0.136. The van der Waals surface area contributed by atoms with Crippen molar-refractivity contribution in [3.63, 3.8) is 0 Å². The number of carbonyl (C=O) groups is 1. The van der Waals surface area contributed by atoms with E-state index >= 15 is 0 Å². The highest BCUT2D eigenvalue weighted by atomic mass is 32.1. The molecule has 23 heavy (non-hydrogen) atoms. The minimum Gasteiger partial charge on any atom is -0.465 e. The molecule has 0 atom stereocenters. The third-order valence-electron chi connectivity index (χ3n) is 3.15. The number of fused-ring (bicyclic) bond motifs is 1. The minimum absolute atomic E-state index is 0.0566. The van der Waals surface area contributed by atoms with Gasteiger partial charge in [-0.2, -0.15) is 13.2 Å². The van der Waals surface area contributed by atoms with Gasteiger partial charge in [0, 0.05) is 5.39 Å². The summed E-state index contributed by atoms with van der Waals surface area (Å²) in [5.74, 6) is -0.781. The lowest BCUT2D eigenvalue weighted by Gasteiger charge is -2.10. The molecule has 3 rings (SSSR count). The van der Waals surface area contributed by atoms with Gasteiger partial charge in [-0.25, -0.2) is 9.78 Å². The van der Waals surface area contributed by atoms with Crippen molar-refractivity contribution in [3.05, 3.63) is 34.0 Å². The Kier molecular flexibility index (Phi) is 3.77. The predicted molar refractivity (Wildman–Crippen MR) is 83.7 cm³/mol. The van der Waals surface area contributed by atoms with Crippen LogP contribution in [0.15, 0.2) is 23.6 Å². The number of aromatic nitrogens is 1. The van der Waals surface area contributed by atoms with E-state index in [0.717, 1.165) is 24.5 Å². The number of halogens is 3. The summed E-state index contributed by atoms with van der Waals surface area (Å²) >= 11 is 2.07. The van der Waals surface area contributed by atoms with Crippen LogP contribution in [0.5, 0.6) is 0 Å². The molecule has 0 aliphatic rings. The van der Waals surface area contributed by atoms with Gasteiger partial charge in [-0.1, -0.05) is 6.07 Å². The first-order valence-corrected chi connectivity index (χ1v) is 7.95. The number of esters is 1. The Morgan fingerprint density at radius 2 is 2.13 bits per heavy atom. The molecule has 2 N–H and O–H groups in total. The SMILES string of the molecule is COC(=O)c1sc2nc(-c3cccs3)cc(C(F)(F)F)c2c1N. The van der Waals surface area contributed by atoms with Crippen molar-refractivity contribution in [2.45, 2.75) is 6.18 Å². The highest BCUT2D eigenvalue weighted by molar-refractivity contribution is 7.21. The number of nitrogen functional groups attached to an aromatic ring is 1. The number of thiophene rings is 2. The molecular weight excluding hydrogens is 349 g/mol. The van der Waals surface area contributed by atoms with Gasteiger partial charge in [-0.15, -0.1) is 22.7 Å². The number of alkyl halides is 3. The number of rotatable bonds is 2. The fraction of sp³-hybridized carbons (Fsp3) is 0.143. The van der Waals surface area contributed by atoms with E-state index in [1.54, 1.807) is 17.5 Å². The van der Waals surface area contributed by atoms with Crippen LogP contribution >= 0.6 is 22.7 Å². The van der Waals surface area contributed by atoms with Crippen LogP contribution in [-0.2, 0) is 10.9 Å². The molecule has 0 aliphatic heterocycles. The van der Waals surface area contributed by atoms with Crippen LogP contribution in [0.3, 0.4) is 0 Å². The minimum atomic E-state index is -4.62. The first-order chi connectivity index (χ1) is 10.8. The maximum Gasteiger partial charge on any atom is 0.417 e. The lowest BCUT2D eigenvalue weighted by atomic mass is 10.1. The van der Waals surface area contributed by atoms with Crippen LogP contribution in [0.2, 0.25) is 0 Å². The molecule has 0 spiro atoms. The fourth-order valence-corrected chi connectivity index (χ4v) is 3.86. The monoisotopic (exact) mass is 358 g/mol. The second kappa shape index (κ2) is 5.50. The zero-order valence-corrected chi connectivity index (χ0v) is 13.2. The van der Waals surface area contributed by atoms with Crippen LogP contribution in [0.1, 0.15) is 15.2 Å². The second-order valence-electron chi connectivity index (χ2n) is 4.55. The largest absolute Gasteiger partial charge is 0.465 e. The van der Waals surface area contributed by atoms with Crippen LogP contribution in [-0.4, -0.2) is 18.1 Å². The van der Waals surface area contributed by atoms with E-state index in [0.29, 0.717) is 4.88 Å². The van der Waals surface area contributed by atoms with Gasteiger partial charge in [0.2, 0.25) is 0 Å². The number of hydrogen-bond donors (Lipinski definition) is 1. The van der Waals surface area contributed by atoms with Crippen molar-refractivity contribution in [1.29, 1.82) is 0 Å². The van der Waals surface area contributed by atoms with Gasteiger partial charge in [-0.3, -0.25) is 0 Å². The Labute approximate surface area is 136 Å². The van der Waals surface area contributed by atoms with E-state index in [2.05, 4.69) is 9.72 Å². The smallest absolute Gasteiger partial charge is 0.417 e. The highest BCUT2D eigenvalue weighted by Gasteiger charge is 2.36. The number of carbonyl (C=O) groups excluding carboxylic acids is 1. The Morgan fingerprint density at radius 3 is 2.70 bits per heavy atom. The molecule has 0 saturated carbocycles. The van der Waals surface area contributed by atoms with Crippen molar-refractivity contribution in [2.24, 2.45) is 0 Å². The van der Waals surface area contributed by atoms with E-state index in [1.165, 1.54) is 11.3 Å². The summed E-state index contributed by atoms with van der Waals surface area (Å²) in [7, 11) is 1.14. The Morgan fingerprint density at radius 1 is 1.39 bits per heavy atom. The van der Waals surface area contributed by atoms with Gasteiger partial charge in [0.1, 0.15) is 9.71 Å². The summed E-state index contributed by atoms with van der Waals surface area (Å²) in [5, 5.41) is 1.49. The number of methoxy groups -OCH3 is 1. The van der Waals surface area contributed by atoms with Crippen LogP contribution in [0.25, 0.3) is 20.8 Å². The first kappa shape index (κ1) is 15.8. The van der Waals surface area contributed by atoms with Crippen LogP contribution < -0.4 is 5.73 Å². The van der Waals surface area contributed by atoms with Gasteiger partial charge < -0.3 is 10.5 Å². The molecule has 0 aliphatic carbocycles. The molecule has 0 radical (unpaired) electrons. The van der Waals surface area contributed by atoms with Gasteiger partial charge in [0.15, 0.2) is 0 Å². The molecule has 0 bridgehead atoms. The summed E-state index contributed by atoms with van der Waals surface area (Å²) in [6.07, 6.45) is -4.62. The first-order valence-electron chi connectivity index (χ1n) is 6.25. The summed E-state index contributed by atoms with van der Waals surface area (Å²) in [4.78, 5) is 16.5. The quantitative estimate of drug-likeness (QED) is 0.689. The van der Waals surface area contributed by atoms with Crippen LogP contribution in [0, 0.1) is 0 Å². The molecular formula is C14H9F3N2O2S2. The molecule has 4 nitrogen and oxygen atoms in total. The van der Waals surface area contributed by atoms with Gasteiger partial charge in [0.05, 0.1) is 28.9 Å². The summed E-state index contributed by atoms with van der Waals surface area (Å²) in [5.41, 5.74) is 4.78. The number of hydrogen-bond acceptors (Lipinski definition) is 6. The van der Waals surface area contributed by atoms with E-state index in [1.807, 2.05) is 0 Å². The highest BCUT2D eigenvalue weighted by Crippen LogP contribution is 2.43. The zero-order chi connectivity index (χ0) is 16.8. The fourth-order valence-electron chi connectivity index (χ4n) is 2.14.